The Bertz CT molecular complexity index is 1620. The van der Waals surface area contributed by atoms with Crippen LogP contribution in [0.5, 0.6) is 0 Å². The van der Waals surface area contributed by atoms with Crippen molar-refractivity contribution in [3.8, 4) is 11.1 Å². The Labute approximate surface area is 249 Å². The van der Waals surface area contributed by atoms with E-state index in [-0.39, 0.29) is 54.2 Å². The van der Waals surface area contributed by atoms with Gasteiger partial charge in [-0.2, -0.15) is 0 Å². The number of sulfone groups is 1. The summed E-state index contributed by atoms with van der Waals surface area (Å²) in [7, 11) is -3.41. The number of nitrogens with one attached hydrogen (secondary N) is 1. The number of hydrogen-bond acceptors (Lipinski definition) is 8. The first-order valence-corrected chi connectivity index (χ1v) is 15.0. The number of amides is 1. The number of likely N-dealkylation sites (tertiary alicyclic amines) is 1. The third-order valence-corrected chi connectivity index (χ3v) is 8.68. The van der Waals surface area contributed by atoms with Crippen molar-refractivity contribution >= 4 is 51.3 Å². The molecule has 0 bridgehead atoms. The van der Waals surface area contributed by atoms with Crippen molar-refractivity contribution in [1.29, 1.82) is 0 Å². The predicted molar refractivity (Wildman–Crippen MR) is 157 cm³/mol. The van der Waals surface area contributed by atoms with Gasteiger partial charge in [0.25, 0.3) is 0 Å². The minimum atomic E-state index is -3.41. The summed E-state index contributed by atoms with van der Waals surface area (Å²) in [6, 6.07) is 13.3. The molecule has 12 heteroatoms. The molecule has 1 fully saturated rings. The molecule has 3 heterocycles. The molecule has 0 saturated carbocycles. The summed E-state index contributed by atoms with van der Waals surface area (Å²) < 4.78 is 35.1. The number of aliphatic hydroxyl groups is 1. The average Bonchev–Trinajstić information content (AvgIpc) is 3.50. The summed E-state index contributed by atoms with van der Waals surface area (Å²) in [5, 5.41) is 14.5. The molecule has 1 amide bonds. The molecule has 1 atom stereocenters. The second-order valence-corrected chi connectivity index (χ2v) is 12.6. The Morgan fingerprint density at radius 3 is 2.66 bits per heavy atom. The highest BCUT2D eigenvalue weighted by Crippen LogP contribution is 2.44. The molecule has 2 aromatic carbocycles. The van der Waals surface area contributed by atoms with Crippen molar-refractivity contribution in [2.75, 3.05) is 25.9 Å². The Balaban J connectivity index is 0.00000387. The minimum Gasteiger partial charge on any atom is -0.507 e. The lowest BCUT2D eigenvalue weighted by atomic mass is 9.87. The van der Waals surface area contributed by atoms with Crippen LogP contribution in [-0.4, -0.2) is 61.8 Å². The monoisotopic (exact) mass is 620 g/mol. The molecule has 1 spiro atoms. The molecular formula is C29H30Cl2N2O7S. The van der Waals surface area contributed by atoms with Gasteiger partial charge in [-0.1, -0.05) is 23.7 Å². The van der Waals surface area contributed by atoms with E-state index >= 15 is 0 Å². The van der Waals surface area contributed by atoms with Gasteiger partial charge in [-0.3, -0.25) is 9.69 Å². The number of hydrogen-bond donors (Lipinski definition) is 2. The summed E-state index contributed by atoms with van der Waals surface area (Å²) in [5.41, 5.74) is 1.08. The number of carbonyl (C=O) groups excluding carboxylic acids is 2. The molecule has 218 valence electrons. The molecule has 0 aliphatic carbocycles. The first-order valence-electron chi connectivity index (χ1n) is 12.8. The zero-order valence-electron chi connectivity index (χ0n) is 22.5. The molecule has 5 rings (SSSR count). The van der Waals surface area contributed by atoms with Crippen LogP contribution in [0.1, 0.15) is 29.7 Å². The predicted octanol–water partition coefficient (Wildman–Crippen LogP) is 4.71. The third kappa shape index (κ3) is 6.30. The number of nitrogens with zero attached hydrogens (tertiary/aromatic N) is 1. The molecule has 41 heavy (non-hydrogen) atoms. The standard InChI is InChI=1S/C29H29ClN2O7S.ClH/c1-18-12-23(19-6-3-8-21(13-19)40(2,36)37)24(30)14-22(18)26-27(34)29(39-28(26)35)9-5-10-32(17-29)16-25(33)31-15-20-7-4-11-38-20;/h3-4,6-8,11-14,34H,5,9-10,15-17H2,1-2H3,(H,31,33);1H. The van der Waals surface area contributed by atoms with Crippen LogP contribution in [0.3, 0.4) is 0 Å². The lowest BCUT2D eigenvalue weighted by Crippen LogP contribution is -2.52. The van der Waals surface area contributed by atoms with Gasteiger partial charge in [-0.25, -0.2) is 13.2 Å². The molecule has 9 nitrogen and oxygen atoms in total. The van der Waals surface area contributed by atoms with Crippen LogP contribution >= 0.6 is 24.0 Å². The topological polar surface area (TPSA) is 126 Å². The van der Waals surface area contributed by atoms with Crippen molar-refractivity contribution in [1.82, 2.24) is 10.2 Å². The van der Waals surface area contributed by atoms with Crippen LogP contribution in [0.15, 0.2) is 69.9 Å². The summed E-state index contributed by atoms with van der Waals surface area (Å²) in [6.45, 7) is 2.91. The number of halogens is 2. The fourth-order valence-corrected chi connectivity index (χ4v) is 6.22. The van der Waals surface area contributed by atoms with Crippen LogP contribution in [-0.2, 0) is 30.7 Å². The van der Waals surface area contributed by atoms with E-state index in [0.29, 0.717) is 52.4 Å². The number of benzene rings is 2. The largest absolute Gasteiger partial charge is 0.507 e. The van der Waals surface area contributed by atoms with Gasteiger partial charge in [0, 0.05) is 23.4 Å². The summed E-state index contributed by atoms with van der Waals surface area (Å²) in [5.74, 6) is -0.405. The lowest BCUT2D eigenvalue weighted by molar-refractivity contribution is -0.152. The van der Waals surface area contributed by atoms with Gasteiger partial charge in [-0.05, 0) is 79.4 Å². The van der Waals surface area contributed by atoms with Gasteiger partial charge in [-0.15, -0.1) is 12.4 Å². The van der Waals surface area contributed by atoms with Gasteiger partial charge < -0.3 is 19.6 Å². The summed E-state index contributed by atoms with van der Waals surface area (Å²) in [6.07, 6.45) is 3.71. The van der Waals surface area contributed by atoms with Crippen LogP contribution in [0.25, 0.3) is 16.7 Å². The molecule has 1 aromatic heterocycles. The Morgan fingerprint density at radius 1 is 1.17 bits per heavy atom. The summed E-state index contributed by atoms with van der Waals surface area (Å²) >= 11 is 6.64. The number of ether oxygens (including phenoxy) is 1. The van der Waals surface area contributed by atoms with E-state index in [1.54, 1.807) is 49.4 Å². The number of rotatable bonds is 7. The van der Waals surface area contributed by atoms with Crippen LogP contribution in [0.4, 0.5) is 0 Å². The number of aliphatic hydroxyl groups excluding tert-OH is 1. The fraction of sp³-hybridized carbons (Fsp3) is 0.310. The number of furan rings is 1. The zero-order chi connectivity index (χ0) is 28.7. The molecule has 2 aliphatic heterocycles. The molecule has 0 radical (unpaired) electrons. The van der Waals surface area contributed by atoms with E-state index in [9.17, 15) is 23.1 Å². The molecule has 1 unspecified atom stereocenters. The van der Waals surface area contributed by atoms with E-state index in [1.807, 2.05) is 4.90 Å². The Kier molecular flexibility index (Phi) is 8.89. The smallest absolute Gasteiger partial charge is 0.343 e. The van der Waals surface area contributed by atoms with Crippen molar-refractivity contribution < 1.29 is 32.3 Å². The van der Waals surface area contributed by atoms with Crippen molar-refractivity contribution in [2.45, 2.75) is 36.8 Å². The van der Waals surface area contributed by atoms with Crippen LogP contribution < -0.4 is 5.32 Å². The maximum absolute atomic E-state index is 13.1. The minimum absolute atomic E-state index is 0. The van der Waals surface area contributed by atoms with E-state index in [4.69, 9.17) is 20.8 Å². The Morgan fingerprint density at radius 2 is 1.95 bits per heavy atom. The van der Waals surface area contributed by atoms with Crippen LogP contribution in [0, 0.1) is 6.92 Å². The lowest BCUT2D eigenvalue weighted by Gasteiger charge is -2.38. The maximum Gasteiger partial charge on any atom is 0.343 e. The number of piperidine rings is 1. The quantitative estimate of drug-likeness (QED) is 0.364. The highest BCUT2D eigenvalue weighted by molar-refractivity contribution is 7.90. The average molecular weight is 622 g/mol. The zero-order valence-corrected chi connectivity index (χ0v) is 24.9. The second kappa shape index (κ2) is 11.9. The van der Waals surface area contributed by atoms with E-state index in [2.05, 4.69) is 5.32 Å². The van der Waals surface area contributed by atoms with Gasteiger partial charge in [0.2, 0.25) is 5.91 Å². The maximum atomic E-state index is 13.1. The first kappa shape index (κ1) is 30.6. The normalized spacial score (nSPS) is 19.2. The number of esters is 1. The van der Waals surface area contributed by atoms with Gasteiger partial charge in [0.15, 0.2) is 21.2 Å². The molecule has 1 saturated heterocycles. The second-order valence-electron chi connectivity index (χ2n) is 10.2. The third-order valence-electron chi connectivity index (χ3n) is 7.26. The summed E-state index contributed by atoms with van der Waals surface area (Å²) in [4.78, 5) is 27.7. The molecular weight excluding hydrogens is 591 g/mol. The van der Waals surface area contributed by atoms with Crippen molar-refractivity contribution in [3.63, 3.8) is 0 Å². The number of carbonyl (C=O) groups is 2. The molecule has 2 aliphatic rings. The Hall–Kier alpha value is -3.31. The van der Waals surface area contributed by atoms with Gasteiger partial charge in [0.05, 0.1) is 24.2 Å². The fourth-order valence-electron chi connectivity index (χ4n) is 5.28. The van der Waals surface area contributed by atoms with Crippen molar-refractivity contribution in [2.24, 2.45) is 0 Å². The first-order chi connectivity index (χ1) is 19.0. The molecule has 2 N–H and O–H groups in total. The highest BCUT2D eigenvalue weighted by Gasteiger charge is 2.51. The van der Waals surface area contributed by atoms with E-state index in [1.165, 1.54) is 12.3 Å². The van der Waals surface area contributed by atoms with Crippen LogP contribution in [0.2, 0.25) is 5.02 Å². The number of aryl methyl sites for hydroxylation is 1. The molecule has 3 aromatic rings. The van der Waals surface area contributed by atoms with Gasteiger partial charge >= 0.3 is 5.97 Å². The van der Waals surface area contributed by atoms with Gasteiger partial charge in [0.1, 0.15) is 11.3 Å². The SMILES string of the molecule is Cc1cc(-c2cccc(S(C)(=O)=O)c2)c(Cl)cc1C1=C(O)C2(CCCN(CC(=O)NCc3ccco3)C2)OC1=O.Cl. The highest BCUT2D eigenvalue weighted by atomic mass is 35.5. The van der Waals surface area contributed by atoms with E-state index < -0.39 is 21.4 Å². The van der Waals surface area contributed by atoms with Crippen molar-refractivity contribution in [3.05, 3.63) is 82.5 Å². The van der Waals surface area contributed by atoms with E-state index in [0.717, 1.165) is 6.26 Å².